The molecule has 0 aromatic heterocycles. The van der Waals surface area contributed by atoms with E-state index in [-0.39, 0.29) is 11.3 Å². The molecule has 1 aromatic carbocycles. The molecule has 0 bridgehead atoms. The number of aliphatic hydroxyl groups is 1. The first-order chi connectivity index (χ1) is 9.85. The predicted molar refractivity (Wildman–Crippen MR) is 69.2 cm³/mol. The smallest absolute Gasteiger partial charge is 0.428 e. The third-order valence-electron chi connectivity index (χ3n) is 3.41. The second-order valence-electron chi connectivity index (χ2n) is 5.57. The van der Waals surface area contributed by atoms with Crippen molar-refractivity contribution < 1.29 is 37.3 Å². The lowest BCUT2D eigenvalue weighted by Crippen LogP contribution is -2.55. The van der Waals surface area contributed by atoms with Crippen molar-refractivity contribution in [1.29, 1.82) is 0 Å². The summed E-state index contributed by atoms with van der Waals surface area (Å²) in [6.45, 7) is 2.54. The molecule has 1 rings (SSSR count). The van der Waals surface area contributed by atoms with E-state index in [1.807, 2.05) is 0 Å². The number of carboxylic acid groups (broad SMARTS) is 1. The first kappa shape index (κ1) is 18.2. The zero-order valence-corrected chi connectivity index (χ0v) is 12.2. The highest BCUT2D eigenvalue weighted by Crippen LogP contribution is 2.43. The van der Waals surface area contributed by atoms with Gasteiger partial charge < -0.3 is 14.9 Å². The number of carbonyl (C=O) groups is 1. The zero-order chi connectivity index (χ0) is 17.3. The Balaban J connectivity index is 3.36. The summed E-state index contributed by atoms with van der Waals surface area (Å²) in [5.41, 5.74) is -5.44. The molecule has 1 aromatic rings. The van der Waals surface area contributed by atoms with Gasteiger partial charge in [0.1, 0.15) is 11.6 Å². The van der Waals surface area contributed by atoms with Gasteiger partial charge in [-0.05, 0) is 23.6 Å². The van der Waals surface area contributed by atoms with Crippen LogP contribution in [0.15, 0.2) is 18.2 Å². The van der Waals surface area contributed by atoms with Crippen LogP contribution in [0.4, 0.5) is 17.6 Å². The second-order valence-corrected chi connectivity index (χ2v) is 5.57. The summed E-state index contributed by atoms with van der Waals surface area (Å²) < 4.78 is 57.1. The average Bonchev–Trinajstić information content (AvgIpc) is 2.36. The Kier molecular flexibility index (Phi) is 4.76. The number of methoxy groups -OCH3 is 1. The van der Waals surface area contributed by atoms with Crippen LogP contribution in [0.3, 0.4) is 0 Å². The van der Waals surface area contributed by atoms with E-state index in [0.29, 0.717) is 0 Å². The van der Waals surface area contributed by atoms with Gasteiger partial charge in [-0.25, -0.2) is 9.18 Å². The van der Waals surface area contributed by atoms with Gasteiger partial charge in [0.15, 0.2) is 0 Å². The molecule has 0 heterocycles. The highest BCUT2D eigenvalue weighted by atomic mass is 19.4. The topological polar surface area (TPSA) is 66.8 Å². The molecule has 4 nitrogen and oxygen atoms in total. The summed E-state index contributed by atoms with van der Waals surface area (Å²) in [5.74, 6) is -3.03. The van der Waals surface area contributed by atoms with Gasteiger partial charge >= 0.3 is 12.1 Å². The molecule has 0 saturated carbocycles. The number of ether oxygens (including phenoxy) is 1. The first-order valence-electron chi connectivity index (χ1n) is 6.21. The molecule has 0 fully saturated rings. The van der Waals surface area contributed by atoms with Crippen molar-refractivity contribution in [2.45, 2.75) is 37.5 Å². The molecule has 0 aliphatic heterocycles. The molecule has 0 unspecified atom stereocenters. The van der Waals surface area contributed by atoms with Crippen molar-refractivity contribution in [1.82, 2.24) is 0 Å². The lowest BCUT2D eigenvalue weighted by atomic mass is 9.74. The second kappa shape index (κ2) is 5.75. The van der Waals surface area contributed by atoms with Crippen LogP contribution in [0, 0.1) is 5.82 Å². The minimum Gasteiger partial charge on any atom is -0.496 e. The van der Waals surface area contributed by atoms with Crippen LogP contribution in [0.25, 0.3) is 0 Å². The molecule has 0 radical (unpaired) electrons. The number of hydrogen-bond donors (Lipinski definition) is 2. The molecule has 0 aliphatic carbocycles. The van der Waals surface area contributed by atoms with Crippen molar-refractivity contribution in [3.05, 3.63) is 29.6 Å². The molecule has 22 heavy (non-hydrogen) atoms. The molecule has 0 spiro atoms. The van der Waals surface area contributed by atoms with E-state index in [4.69, 9.17) is 9.84 Å². The molecule has 124 valence electrons. The maximum atomic E-state index is 13.4. The van der Waals surface area contributed by atoms with Crippen LogP contribution in [-0.2, 0) is 10.2 Å². The highest BCUT2D eigenvalue weighted by molar-refractivity contribution is 5.78. The maximum Gasteiger partial charge on any atom is 0.428 e. The van der Waals surface area contributed by atoms with Gasteiger partial charge in [0.2, 0.25) is 0 Å². The van der Waals surface area contributed by atoms with E-state index in [1.54, 1.807) is 0 Å². The lowest BCUT2D eigenvalue weighted by Gasteiger charge is -2.35. The SMILES string of the molecule is COc1ccc(F)cc1C(C)(C)C[C@](O)(C(=O)O)C(F)(F)F. The van der Waals surface area contributed by atoms with Gasteiger partial charge in [0.05, 0.1) is 7.11 Å². The predicted octanol–water partition coefficient (Wildman–Crippen LogP) is 2.88. The molecule has 1 atom stereocenters. The first-order valence-corrected chi connectivity index (χ1v) is 6.21. The molecular weight excluding hydrogens is 308 g/mol. The van der Waals surface area contributed by atoms with Crippen LogP contribution in [-0.4, -0.2) is 35.1 Å². The fourth-order valence-electron chi connectivity index (χ4n) is 2.24. The Morgan fingerprint density at radius 2 is 1.82 bits per heavy atom. The van der Waals surface area contributed by atoms with E-state index in [0.717, 1.165) is 12.1 Å². The van der Waals surface area contributed by atoms with E-state index in [2.05, 4.69) is 0 Å². The monoisotopic (exact) mass is 324 g/mol. The van der Waals surface area contributed by atoms with Crippen LogP contribution in [0.1, 0.15) is 25.8 Å². The standard InChI is InChI=1S/C14H16F4O4/c1-12(2,7-13(21,11(19)20)14(16,17)18)9-6-8(15)4-5-10(9)22-3/h4-6,21H,7H2,1-3H3,(H,19,20)/t13-/m0/s1. The number of carboxylic acids is 1. The summed E-state index contributed by atoms with van der Waals surface area (Å²) in [7, 11) is 1.25. The minimum atomic E-state index is -5.38. The Bertz CT molecular complexity index is 568. The Labute approximate surface area is 124 Å². The van der Waals surface area contributed by atoms with Crippen LogP contribution in [0.2, 0.25) is 0 Å². The number of halogens is 4. The van der Waals surface area contributed by atoms with E-state index in [1.165, 1.54) is 27.0 Å². The maximum absolute atomic E-state index is 13.4. The van der Waals surface area contributed by atoms with Crippen molar-refractivity contribution in [3.8, 4) is 5.75 Å². The fourth-order valence-corrected chi connectivity index (χ4v) is 2.24. The molecule has 0 saturated heterocycles. The van der Waals surface area contributed by atoms with Crippen LogP contribution < -0.4 is 4.74 Å². The van der Waals surface area contributed by atoms with E-state index >= 15 is 0 Å². The van der Waals surface area contributed by atoms with Crippen molar-refractivity contribution >= 4 is 5.97 Å². The lowest BCUT2D eigenvalue weighted by molar-refractivity contribution is -0.265. The number of aliphatic carboxylic acids is 1. The Morgan fingerprint density at radius 3 is 2.23 bits per heavy atom. The van der Waals surface area contributed by atoms with Gasteiger partial charge in [-0.1, -0.05) is 13.8 Å². The van der Waals surface area contributed by atoms with Gasteiger partial charge in [-0.2, -0.15) is 13.2 Å². The van der Waals surface area contributed by atoms with Crippen LogP contribution in [0.5, 0.6) is 5.75 Å². The van der Waals surface area contributed by atoms with Crippen molar-refractivity contribution in [2.24, 2.45) is 0 Å². The van der Waals surface area contributed by atoms with Gasteiger partial charge in [0, 0.05) is 12.0 Å². The summed E-state index contributed by atoms with van der Waals surface area (Å²) >= 11 is 0. The summed E-state index contributed by atoms with van der Waals surface area (Å²) in [6, 6.07) is 3.24. The molecule has 0 aliphatic rings. The summed E-state index contributed by atoms with van der Waals surface area (Å²) in [6.07, 6.45) is -6.57. The molecule has 0 amide bonds. The highest BCUT2D eigenvalue weighted by Gasteiger charge is 2.62. The van der Waals surface area contributed by atoms with E-state index < -0.39 is 35.4 Å². The molecule has 8 heteroatoms. The van der Waals surface area contributed by atoms with Crippen LogP contribution >= 0.6 is 0 Å². The molecular formula is C14H16F4O4. The summed E-state index contributed by atoms with van der Waals surface area (Å²) in [5, 5.41) is 18.4. The average molecular weight is 324 g/mol. The third kappa shape index (κ3) is 3.32. The zero-order valence-electron chi connectivity index (χ0n) is 12.2. The molecule has 2 N–H and O–H groups in total. The van der Waals surface area contributed by atoms with Gasteiger partial charge in [-0.3, -0.25) is 0 Å². The van der Waals surface area contributed by atoms with Crippen molar-refractivity contribution in [3.63, 3.8) is 0 Å². The Hall–Kier alpha value is -1.83. The number of hydrogen-bond acceptors (Lipinski definition) is 3. The van der Waals surface area contributed by atoms with Gasteiger partial charge in [0.25, 0.3) is 5.60 Å². The third-order valence-corrected chi connectivity index (χ3v) is 3.41. The normalized spacial score (nSPS) is 15.3. The van der Waals surface area contributed by atoms with E-state index in [9.17, 15) is 27.5 Å². The Morgan fingerprint density at radius 1 is 1.27 bits per heavy atom. The van der Waals surface area contributed by atoms with Crippen molar-refractivity contribution in [2.75, 3.05) is 7.11 Å². The quantitative estimate of drug-likeness (QED) is 0.817. The minimum absolute atomic E-state index is 0.0268. The van der Waals surface area contributed by atoms with Gasteiger partial charge in [-0.15, -0.1) is 0 Å². The summed E-state index contributed by atoms with van der Waals surface area (Å²) in [4.78, 5) is 10.9. The number of alkyl halides is 3. The number of rotatable bonds is 5. The number of benzene rings is 1. The fraction of sp³-hybridized carbons (Fsp3) is 0.500. The largest absolute Gasteiger partial charge is 0.496 e.